The lowest BCUT2D eigenvalue weighted by Gasteiger charge is -2.31. The van der Waals surface area contributed by atoms with Crippen molar-refractivity contribution in [3.8, 4) is 0 Å². The highest BCUT2D eigenvalue weighted by Gasteiger charge is 2.30. The highest BCUT2D eigenvalue weighted by molar-refractivity contribution is 7.92. The molecular formula is C17H16ClN3O4S. The second-order valence-corrected chi connectivity index (χ2v) is 8.13. The Labute approximate surface area is 156 Å². The van der Waals surface area contributed by atoms with Crippen molar-refractivity contribution >= 4 is 50.5 Å². The number of carbonyl (C=O) groups is 2. The molecule has 0 spiro atoms. The minimum absolute atomic E-state index is 0.173. The monoisotopic (exact) mass is 393 g/mol. The lowest BCUT2D eigenvalue weighted by molar-refractivity contribution is -0.121. The van der Waals surface area contributed by atoms with Crippen LogP contribution in [0.1, 0.15) is 0 Å². The van der Waals surface area contributed by atoms with E-state index in [4.69, 9.17) is 11.6 Å². The molecule has 1 aliphatic rings. The smallest absolute Gasteiger partial charge is 0.248 e. The van der Waals surface area contributed by atoms with E-state index < -0.39 is 22.5 Å². The van der Waals surface area contributed by atoms with Gasteiger partial charge >= 0.3 is 0 Å². The highest BCUT2D eigenvalue weighted by Crippen LogP contribution is 2.29. The van der Waals surface area contributed by atoms with Gasteiger partial charge in [-0.3, -0.25) is 18.8 Å². The van der Waals surface area contributed by atoms with Gasteiger partial charge in [0.2, 0.25) is 21.8 Å². The van der Waals surface area contributed by atoms with E-state index in [-0.39, 0.29) is 12.5 Å². The van der Waals surface area contributed by atoms with Crippen molar-refractivity contribution in [3.63, 3.8) is 0 Å². The molecule has 0 aliphatic carbocycles. The van der Waals surface area contributed by atoms with Gasteiger partial charge in [0.15, 0.2) is 0 Å². The number of nitrogens with one attached hydrogen (secondary N) is 1. The van der Waals surface area contributed by atoms with Gasteiger partial charge in [-0.1, -0.05) is 23.7 Å². The molecule has 136 valence electrons. The summed E-state index contributed by atoms with van der Waals surface area (Å²) in [5, 5.41) is 3.14. The number of hydrogen-bond donors (Lipinski definition) is 1. The molecule has 0 bridgehead atoms. The standard InChI is InChI=1S/C17H16ClN3O4S/c1-26(24,25)21(13-8-6-12(18)7-9-13)11-17(23)20-10-16(22)19-14-4-2-3-5-15(14)20/h2-9H,10-11H2,1H3,(H,19,22). The number of rotatable bonds is 4. The van der Waals surface area contributed by atoms with Gasteiger partial charge in [-0.05, 0) is 36.4 Å². The summed E-state index contributed by atoms with van der Waals surface area (Å²) in [7, 11) is -3.71. The minimum atomic E-state index is -3.71. The summed E-state index contributed by atoms with van der Waals surface area (Å²) < 4.78 is 25.4. The first kappa shape index (κ1) is 18.2. The van der Waals surface area contributed by atoms with Crippen molar-refractivity contribution in [3.05, 3.63) is 53.6 Å². The molecule has 0 saturated carbocycles. The molecule has 9 heteroatoms. The fourth-order valence-electron chi connectivity index (χ4n) is 2.67. The molecule has 2 aromatic rings. The Morgan fingerprint density at radius 2 is 1.85 bits per heavy atom. The van der Waals surface area contributed by atoms with Crippen molar-refractivity contribution in [2.24, 2.45) is 0 Å². The summed E-state index contributed by atoms with van der Waals surface area (Å²) in [5.74, 6) is -0.845. The molecule has 1 N–H and O–H groups in total. The number of sulfonamides is 1. The number of nitrogens with zero attached hydrogens (tertiary/aromatic N) is 2. The highest BCUT2D eigenvalue weighted by atomic mass is 35.5. The van der Waals surface area contributed by atoms with Crippen LogP contribution in [0.4, 0.5) is 17.1 Å². The average molecular weight is 394 g/mol. The molecule has 3 rings (SSSR count). The van der Waals surface area contributed by atoms with Gasteiger partial charge in [0.05, 0.1) is 23.3 Å². The van der Waals surface area contributed by atoms with Crippen LogP contribution in [0.3, 0.4) is 0 Å². The fourth-order valence-corrected chi connectivity index (χ4v) is 3.65. The van der Waals surface area contributed by atoms with Crippen molar-refractivity contribution in [1.82, 2.24) is 0 Å². The molecular weight excluding hydrogens is 378 g/mol. The van der Waals surface area contributed by atoms with Crippen LogP contribution in [0.2, 0.25) is 5.02 Å². The largest absolute Gasteiger partial charge is 0.323 e. The Morgan fingerprint density at radius 3 is 2.50 bits per heavy atom. The maximum Gasteiger partial charge on any atom is 0.248 e. The summed E-state index contributed by atoms with van der Waals surface area (Å²) in [6.45, 7) is -0.601. The van der Waals surface area contributed by atoms with Gasteiger partial charge in [-0.15, -0.1) is 0 Å². The number of benzene rings is 2. The molecule has 0 radical (unpaired) electrons. The second-order valence-electron chi connectivity index (χ2n) is 5.79. The number of carbonyl (C=O) groups excluding carboxylic acids is 2. The van der Waals surface area contributed by atoms with Gasteiger partial charge in [0.25, 0.3) is 0 Å². The first-order valence-corrected chi connectivity index (χ1v) is 9.91. The molecule has 0 atom stereocenters. The van der Waals surface area contributed by atoms with Crippen LogP contribution in [-0.4, -0.2) is 39.6 Å². The lowest BCUT2D eigenvalue weighted by Crippen LogP contribution is -2.47. The summed E-state index contributed by atoms with van der Waals surface area (Å²) in [5.41, 5.74) is 1.36. The molecule has 0 saturated heterocycles. The van der Waals surface area contributed by atoms with E-state index >= 15 is 0 Å². The van der Waals surface area contributed by atoms with Crippen LogP contribution in [-0.2, 0) is 19.6 Å². The van der Waals surface area contributed by atoms with Crippen molar-refractivity contribution < 1.29 is 18.0 Å². The zero-order chi connectivity index (χ0) is 18.9. The van der Waals surface area contributed by atoms with E-state index in [1.807, 2.05) is 0 Å². The van der Waals surface area contributed by atoms with Crippen LogP contribution in [0.15, 0.2) is 48.5 Å². The molecule has 1 aliphatic heterocycles. The fraction of sp³-hybridized carbons (Fsp3) is 0.176. The number of hydrogen-bond acceptors (Lipinski definition) is 4. The zero-order valence-electron chi connectivity index (χ0n) is 13.8. The van der Waals surface area contributed by atoms with Gasteiger partial charge < -0.3 is 5.32 Å². The second kappa shape index (κ2) is 6.97. The topological polar surface area (TPSA) is 86.8 Å². The molecule has 26 heavy (non-hydrogen) atoms. The third-order valence-electron chi connectivity index (χ3n) is 3.87. The van der Waals surface area contributed by atoms with Crippen molar-refractivity contribution in [2.45, 2.75) is 0 Å². The SMILES string of the molecule is CS(=O)(=O)N(CC(=O)N1CC(=O)Nc2ccccc21)c1ccc(Cl)cc1. The first-order valence-electron chi connectivity index (χ1n) is 7.68. The Morgan fingerprint density at radius 1 is 1.19 bits per heavy atom. The van der Waals surface area contributed by atoms with E-state index in [0.29, 0.717) is 22.1 Å². The average Bonchev–Trinajstić information content (AvgIpc) is 2.58. The van der Waals surface area contributed by atoms with E-state index in [2.05, 4.69) is 5.32 Å². The number of amides is 2. The summed E-state index contributed by atoms with van der Waals surface area (Å²) in [6.07, 6.45) is 1.02. The van der Waals surface area contributed by atoms with Gasteiger partial charge in [-0.2, -0.15) is 0 Å². The molecule has 2 aromatic carbocycles. The number of fused-ring (bicyclic) bond motifs is 1. The van der Waals surface area contributed by atoms with Crippen LogP contribution < -0.4 is 14.5 Å². The Bertz CT molecular complexity index is 960. The number of anilines is 3. The summed E-state index contributed by atoms with van der Waals surface area (Å²) >= 11 is 5.84. The van der Waals surface area contributed by atoms with Crippen molar-refractivity contribution in [2.75, 3.05) is 33.9 Å². The van der Waals surface area contributed by atoms with Gasteiger partial charge in [0.1, 0.15) is 13.1 Å². The first-order chi connectivity index (χ1) is 12.3. The van der Waals surface area contributed by atoms with E-state index in [0.717, 1.165) is 10.6 Å². The maximum atomic E-state index is 12.8. The van der Waals surface area contributed by atoms with Crippen LogP contribution >= 0.6 is 11.6 Å². The number of para-hydroxylation sites is 2. The third-order valence-corrected chi connectivity index (χ3v) is 5.26. The van der Waals surface area contributed by atoms with Crippen LogP contribution in [0.5, 0.6) is 0 Å². The third kappa shape index (κ3) is 3.81. The Balaban J connectivity index is 1.92. The lowest BCUT2D eigenvalue weighted by atomic mass is 10.2. The van der Waals surface area contributed by atoms with E-state index in [9.17, 15) is 18.0 Å². The predicted molar refractivity (Wildman–Crippen MR) is 101 cm³/mol. The molecule has 0 unspecified atom stereocenters. The van der Waals surface area contributed by atoms with Crippen LogP contribution in [0, 0.1) is 0 Å². The quantitative estimate of drug-likeness (QED) is 0.861. The zero-order valence-corrected chi connectivity index (χ0v) is 15.4. The Kier molecular flexibility index (Phi) is 4.88. The van der Waals surface area contributed by atoms with Crippen LogP contribution in [0.25, 0.3) is 0 Å². The van der Waals surface area contributed by atoms with Crippen molar-refractivity contribution in [1.29, 1.82) is 0 Å². The minimum Gasteiger partial charge on any atom is -0.323 e. The summed E-state index contributed by atoms with van der Waals surface area (Å²) in [4.78, 5) is 26.0. The molecule has 7 nitrogen and oxygen atoms in total. The molecule has 0 aromatic heterocycles. The number of halogens is 1. The maximum absolute atomic E-state index is 12.8. The normalized spacial score (nSPS) is 13.8. The summed E-state index contributed by atoms with van der Waals surface area (Å²) in [6, 6.07) is 13.0. The van der Waals surface area contributed by atoms with E-state index in [1.54, 1.807) is 36.4 Å². The molecule has 1 heterocycles. The Hall–Kier alpha value is -2.58. The molecule has 0 fully saturated rings. The predicted octanol–water partition coefficient (Wildman–Crippen LogP) is 2.09. The van der Waals surface area contributed by atoms with Gasteiger partial charge in [0, 0.05) is 5.02 Å². The van der Waals surface area contributed by atoms with E-state index in [1.165, 1.54) is 17.0 Å². The van der Waals surface area contributed by atoms with Gasteiger partial charge in [-0.25, -0.2) is 8.42 Å². The molecule has 2 amide bonds.